The third-order valence-electron chi connectivity index (χ3n) is 3.75. The van der Waals surface area contributed by atoms with Gasteiger partial charge in [-0.2, -0.15) is 0 Å². The molecule has 0 amide bonds. The first-order valence-corrected chi connectivity index (χ1v) is 8.11. The van der Waals surface area contributed by atoms with E-state index < -0.39 is 0 Å². The maximum atomic E-state index is 2.38. The molecule has 126 valence electrons. The van der Waals surface area contributed by atoms with E-state index >= 15 is 0 Å². The van der Waals surface area contributed by atoms with Crippen molar-refractivity contribution in [3.8, 4) is 0 Å². The molecule has 0 unspecified atom stereocenters. The Morgan fingerprint density at radius 2 is 1.05 bits per heavy atom. The lowest BCUT2D eigenvalue weighted by molar-refractivity contribution is 0.273. The summed E-state index contributed by atoms with van der Waals surface area (Å²) in [4.78, 5) is 9.23. The van der Waals surface area contributed by atoms with Crippen LogP contribution >= 0.6 is 0 Å². The van der Waals surface area contributed by atoms with Crippen molar-refractivity contribution in [2.45, 2.75) is 13.1 Å². The van der Waals surface area contributed by atoms with E-state index in [9.17, 15) is 0 Å². The van der Waals surface area contributed by atoms with Gasteiger partial charge in [0.15, 0.2) is 0 Å². The second-order valence-corrected chi connectivity index (χ2v) is 6.90. The predicted molar refractivity (Wildman–Crippen MR) is 96.2 cm³/mol. The Morgan fingerprint density at radius 1 is 0.636 bits per heavy atom. The number of hydrogen-bond donors (Lipinski definition) is 0. The highest BCUT2D eigenvalue weighted by Crippen LogP contribution is 2.09. The molecule has 0 aliphatic heterocycles. The number of hydrogen-bond acceptors (Lipinski definition) is 4. The summed E-state index contributed by atoms with van der Waals surface area (Å²) in [7, 11) is 12.9. The summed E-state index contributed by atoms with van der Waals surface area (Å²) < 4.78 is 0. The van der Waals surface area contributed by atoms with E-state index in [0.717, 1.165) is 39.3 Å². The molecule has 22 heavy (non-hydrogen) atoms. The van der Waals surface area contributed by atoms with Crippen LogP contribution in [0.3, 0.4) is 0 Å². The van der Waals surface area contributed by atoms with Gasteiger partial charge in [0.25, 0.3) is 0 Å². The van der Waals surface area contributed by atoms with Gasteiger partial charge in [-0.3, -0.25) is 0 Å². The van der Waals surface area contributed by atoms with Crippen molar-refractivity contribution in [2.24, 2.45) is 0 Å². The average molecular weight is 306 g/mol. The van der Waals surface area contributed by atoms with Crippen LogP contribution in [-0.4, -0.2) is 88.1 Å². The highest BCUT2D eigenvalue weighted by atomic mass is 15.2. The van der Waals surface area contributed by atoms with Crippen LogP contribution in [0.25, 0.3) is 0 Å². The molecule has 0 aliphatic carbocycles. The highest BCUT2D eigenvalue weighted by Gasteiger charge is 2.04. The lowest BCUT2D eigenvalue weighted by atomic mass is 10.1. The summed E-state index contributed by atoms with van der Waals surface area (Å²) in [5.41, 5.74) is 2.81. The van der Waals surface area contributed by atoms with Gasteiger partial charge < -0.3 is 19.6 Å². The fraction of sp³-hybridized carbons (Fsp3) is 0.667. The summed E-state index contributed by atoms with van der Waals surface area (Å²) in [5, 5.41) is 0. The Bertz CT molecular complexity index is 382. The zero-order valence-corrected chi connectivity index (χ0v) is 15.3. The average Bonchev–Trinajstić information content (AvgIpc) is 2.43. The normalized spacial score (nSPS) is 12.1. The molecule has 0 heterocycles. The van der Waals surface area contributed by atoms with Crippen LogP contribution in [0.15, 0.2) is 24.3 Å². The molecule has 0 spiro atoms. The predicted octanol–water partition coefficient (Wildman–Crippen LogP) is 1.67. The molecule has 4 heteroatoms. The molecule has 0 bridgehead atoms. The second kappa shape index (κ2) is 9.95. The minimum Gasteiger partial charge on any atom is -0.308 e. The van der Waals surface area contributed by atoms with E-state index in [-0.39, 0.29) is 0 Å². The molecule has 0 atom stereocenters. The molecule has 0 radical (unpaired) electrons. The minimum atomic E-state index is 1.02. The summed E-state index contributed by atoms with van der Waals surface area (Å²) in [5.74, 6) is 0. The van der Waals surface area contributed by atoms with Crippen LogP contribution in [-0.2, 0) is 13.1 Å². The van der Waals surface area contributed by atoms with Crippen LogP contribution in [0.1, 0.15) is 11.1 Å². The molecule has 0 saturated heterocycles. The van der Waals surface area contributed by atoms with Gasteiger partial charge in [0.2, 0.25) is 0 Å². The molecular weight excluding hydrogens is 272 g/mol. The first-order chi connectivity index (χ1) is 10.4. The van der Waals surface area contributed by atoms with E-state index in [0.29, 0.717) is 0 Å². The molecule has 4 nitrogen and oxygen atoms in total. The van der Waals surface area contributed by atoms with E-state index in [1.54, 1.807) is 0 Å². The topological polar surface area (TPSA) is 13.0 Å². The smallest absolute Gasteiger partial charge is 0.0231 e. The maximum absolute atomic E-state index is 2.38. The Labute approximate surface area is 137 Å². The van der Waals surface area contributed by atoms with Gasteiger partial charge in [-0.25, -0.2) is 0 Å². The molecule has 0 aliphatic rings. The SMILES string of the molecule is CN(C)CCN(C)Cc1cccc(CN(C)CCN(C)C)c1. The van der Waals surface area contributed by atoms with Gasteiger partial charge in [0.1, 0.15) is 0 Å². The van der Waals surface area contributed by atoms with Gasteiger partial charge in [-0.05, 0) is 53.4 Å². The number of rotatable bonds is 10. The molecule has 0 fully saturated rings. The van der Waals surface area contributed by atoms with Crippen LogP contribution in [0.5, 0.6) is 0 Å². The maximum Gasteiger partial charge on any atom is 0.0231 e. The molecule has 1 aromatic carbocycles. The fourth-order valence-corrected chi connectivity index (χ4v) is 2.35. The zero-order valence-electron chi connectivity index (χ0n) is 15.3. The van der Waals surface area contributed by atoms with Crippen molar-refractivity contribution in [1.29, 1.82) is 0 Å². The van der Waals surface area contributed by atoms with E-state index in [1.165, 1.54) is 11.1 Å². The molecule has 0 saturated carbocycles. The molecule has 0 aromatic heterocycles. The van der Waals surface area contributed by atoms with Gasteiger partial charge in [0, 0.05) is 39.3 Å². The van der Waals surface area contributed by atoms with Crippen LogP contribution < -0.4 is 0 Å². The van der Waals surface area contributed by atoms with E-state index in [1.807, 2.05) is 0 Å². The number of benzene rings is 1. The second-order valence-electron chi connectivity index (χ2n) is 6.90. The molecule has 1 rings (SSSR count). The van der Waals surface area contributed by atoms with Crippen molar-refractivity contribution < 1.29 is 0 Å². The van der Waals surface area contributed by atoms with Crippen LogP contribution in [0, 0.1) is 0 Å². The van der Waals surface area contributed by atoms with Gasteiger partial charge in [-0.15, -0.1) is 0 Å². The minimum absolute atomic E-state index is 1.02. The van der Waals surface area contributed by atoms with Crippen LogP contribution in [0.2, 0.25) is 0 Å². The van der Waals surface area contributed by atoms with E-state index in [2.05, 4.69) is 86.2 Å². The van der Waals surface area contributed by atoms with Gasteiger partial charge >= 0.3 is 0 Å². The summed E-state index contributed by atoms with van der Waals surface area (Å²) in [6.07, 6.45) is 0. The van der Waals surface area contributed by atoms with E-state index in [4.69, 9.17) is 0 Å². The molecule has 0 N–H and O–H groups in total. The number of likely N-dealkylation sites (N-methyl/N-ethyl adjacent to an activating group) is 4. The number of nitrogens with zero attached hydrogens (tertiary/aromatic N) is 4. The van der Waals surface area contributed by atoms with Crippen LogP contribution in [0.4, 0.5) is 0 Å². The van der Waals surface area contributed by atoms with Crippen molar-refractivity contribution in [3.05, 3.63) is 35.4 Å². The highest BCUT2D eigenvalue weighted by molar-refractivity contribution is 5.23. The van der Waals surface area contributed by atoms with Gasteiger partial charge in [-0.1, -0.05) is 24.3 Å². The quantitative estimate of drug-likeness (QED) is 0.652. The third-order valence-corrected chi connectivity index (χ3v) is 3.75. The van der Waals surface area contributed by atoms with Crippen molar-refractivity contribution >= 4 is 0 Å². The summed E-state index contributed by atoms with van der Waals surface area (Å²) in [6.45, 7) is 6.43. The Balaban J connectivity index is 2.47. The standard InChI is InChI=1S/C18H34N4/c1-19(2)10-12-21(5)15-17-8-7-9-18(14-17)16-22(6)13-11-20(3)4/h7-9,14H,10-13,15-16H2,1-6H3. The largest absolute Gasteiger partial charge is 0.308 e. The summed E-state index contributed by atoms with van der Waals surface area (Å²) >= 11 is 0. The third kappa shape index (κ3) is 8.49. The fourth-order valence-electron chi connectivity index (χ4n) is 2.35. The Hall–Kier alpha value is -0.940. The summed E-state index contributed by atoms with van der Waals surface area (Å²) in [6, 6.07) is 8.99. The lowest BCUT2D eigenvalue weighted by Gasteiger charge is -2.21. The first kappa shape index (κ1) is 19.1. The molecular formula is C18H34N4. The van der Waals surface area contributed by atoms with Crippen molar-refractivity contribution in [3.63, 3.8) is 0 Å². The van der Waals surface area contributed by atoms with Gasteiger partial charge in [0.05, 0.1) is 0 Å². The monoisotopic (exact) mass is 306 g/mol. The van der Waals surface area contributed by atoms with Crippen molar-refractivity contribution in [2.75, 3.05) is 68.5 Å². The lowest BCUT2D eigenvalue weighted by Crippen LogP contribution is -2.29. The Kier molecular flexibility index (Phi) is 8.64. The Morgan fingerprint density at radius 3 is 1.41 bits per heavy atom. The zero-order chi connectivity index (χ0) is 16.5. The van der Waals surface area contributed by atoms with Crippen molar-refractivity contribution in [1.82, 2.24) is 19.6 Å². The first-order valence-electron chi connectivity index (χ1n) is 8.11. The molecule has 1 aromatic rings.